The van der Waals surface area contributed by atoms with E-state index < -0.39 is 73.3 Å². The van der Waals surface area contributed by atoms with Crippen LogP contribution in [0.3, 0.4) is 0 Å². The minimum absolute atomic E-state index is 0.00167. The van der Waals surface area contributed by atoms with Gasteiger partial charge in [-0.05, 0) is 72.9 Å². The van der Waals surface area contributed by atoms with Gasteiger partial charge in [0.1, 0.15) is 48.4 Å². The van der Waals surface area contributed by atoms with Gasteiger partial charge in [-0.15, -0.1) is 0 Å². The molecule has 6 atom stereocenters. The van der Waals surface area contributed by atoms with E-state index in [1.807, 2.05) is 78.9 Å². The molecule has 0 saturated carbocycles. The fourth-order valence-electron chi connectivity index (χ4n) is 8.14. The van der Waals surface area contributed by atoms with Crippen molar-refractivity contribution in [1.82, 2.24) is 19.1 Å². The molecule has 3 aromatic carbocycles. The number of benzene rings is 3. The molecule has 4 heterocycles. The minimum Gasteiger partial charge on any atom is -0.497 e. The normalized spacial score (nSPS) is 21.2. The molecule has 0 bridgehead atoms. The Morgan fingerprint density at radius 3 is 1.67 bits per heavy atom. The standard InChI is InChI=1S/C49H61N5O12Si/c1-31-27-53(46(57)51-44(31)55)42-25-38(61-24-23-50-63-30-41-39(66-67(8,9)48(3,4)5)26-43(65-41)54-28-32(2)45(56)52-47(54)58)40(64-42)29-62-49(33-13-11-10-12-14-33,34-15-19-36(59-6)20-16-34)35-17-21-37(60-7)22-18-35/h10-23,27-28,38-43H,24-26,29-30H2,1-9H3,(H,51,55,57)(H,52,56,58)/b50-23+/t38-,39-,40+,41+,42+,43+/m0/s1. The third-order valence-corrected chi connectivity index (χ3v) is 17.4. The van der Waals surface area contributed by atoms with Crippen LogP contribution < -0.4 is 32.0 Å². The first-order valence-electron chi connectivity index (χ1n) is 22.3. The molecule has 0 amide bonds. The van der Waals surface area contributed by atoms with Crippen molar-refractivity contribution >= 4 is 14.5 Å². The van der Waals surface area contributed by atoms with Crippen LogP contribution in [0, 0.1) is 13.8 Å². The summed E-state index contributed by atoms with van der Waals surface area (Å²) in [7, 11) is 0.934. The largest absolute Gasteiger partial charge is 0.497 e. The van der Waals surface area contributed by atoms with Gasteiger partial charge in [-0.2, -0.15) is 0 Å². The summed E-state index contributed by atoms with van der Waals surface area (Å²) in [6.45, 7) is 14.0. The Morgan fingerprint density at radius 2 is 1.18 bits per heavy atom. The van der Waals surface area contributed by atoms with Gasteiger partial charge in [0.05, 0.1) is 45.9 Å². The fourth-order valence-corrected chi connectivity index (χ4v) is 9.50. The SMILES string of the molecule is COc1ccc(C(OC[C@H]2O[C@@H](n3cc(C)c(=O)[nH]c3=O)C[C@@H]2OC/C=N/OC[C@H]2O[C@@H](n3cc(C)c(=O)[nH]c3=O)C[C@@H]2O[Si](C)(C)C(C)(C)C)(c2ccccc2)c2ccc(OC)cc2)cc1. The first-order chi connectivity index (χ1) is 31.9. The van der Waals surface area contributed by atoms with E-state index in [9.17, 15) is 19.2 Å². The molecule has 2 N–H and O–H groups in total. The highest BCUT2D eigenvalue weighted by Crippen LogP contribution is 2.44. The molecule has 5 aromatic rings. The quantitative estimate of drug-likeness (QED) is 0.0446. The Hall–Kier alpha value is -5.89. The number of methoxy groups -OCH3 is 2. The van der Waals surface area contributed by atoms with Crippen LogP contribution in [-0.4, -0.2) is 92.1 Å². The highest BCUT2D eigenvalue weighted by atomic mass is 28.4. The number of rotatable bonds is 18. The van der Waals surface area contributed by atoms with Gasteiger partial charge < -0.3 is 37.7 Å². The fraction of sp³-hybridized carbons (Fsp3) is 0.449. The average molecular weight is 940 g/mol. The van der Waals surface area contributed by atoms with E-state index in [-0.39, 0.29) is 31.3 Å². The molecule has 0 spiro atoms. The predicted molar refractivity (Wildman–Crippen MR) is 254 cm³/mol. The molecule has 2 aliphatic rings. The van der Waals surface area contributed by atoms with E-state index in [2.05, 4.69) is 49.0 Å². The first-order valence-corrected chi connectivity index (χ1v) is 25.2. The monoisotopic (exact) mass is 939 g/mol. The third kappa shape index (κ3) is 10.8. The zero-order valence-electron chi connectivity index (χ0n) is 39.5. The smallest absolute Gasteiger partial charge is 0.330 e. The van der Waals surface area contributed by atoms with Crippen molar-refractivity contribution in [2.75, 3.05) is 34.0 Å². The molecule has 18 heteroatoms. The van der Waals surface area contributed by atoms with Crippen molar-refractivity contribution < 1.29 is 37.7 Å². The van der Waals surface area contributed by atoms with Crippen LogP contribution in [0.25, 0.3) is 0 Å². The number of aromatic amines is 2. The van der Waals surface area contributed by atoms with E-state index in [1.54, 1.807) is 28.1 Å². The van der Waals surface area contributed by atoms with Crippen molar-refractivity contribution in [3.8, 4) is 11.5 Å². The molecule has 67 heavy (non-hydrogen) atoms. The zero-order valence-corrected chi connectivity index (χ0v) is 40.5. The zero-order chi connectivity index (χ0) is 48.1. The van der Waals surface area contributed by atoms with Crippen LogP contribution in [0.4, 0.5) is 0 Å². The molecule has 0 radical (unpaired) electrons. The predicted octanol–water partition coefficient (Wildman–Crippen LogP) is 6.08. The summed E-state index contributed by atoms with van der Waals surface area (Å²) < 4.78 is 47.2. The molecule has 2 aromatic heterocycles. The number of aryl methyl sites for hydroxylation is 2. The molecular weight excluding hydrogens is 879 g/mol. The van der Waals surface area contributed by atoms with E-state index in [0.717, 1.165) is 16.7 Å². The number of hydrogen-bond donors (Lipinski definition) is 2. The first kappa shape index (κ1) is 49.0. The number of aromatic nitrogens is 4. The number of nitrogens with zero attached hydrogens (tertiary/aromatic N) is 3. The maximum absolute atomic E-state index is 13.2. The van der Waals surface area contributed by atoms with Gasteiger partial charge in [0, 0.05) is 36.4 Å². The van der Waals surface area contributed by atoms with Crippen LogP contribution in [0.1, 0.15) is 73.9 Å². The maximum atomic E-state index is 13.2. The summed E-state index contributed by atoms with van der Waals surface area (Å²) in [4.78, 5) is 61.0. The molecule has 2 fully saturated rings. The molecule has 17 nitrogen and oxygen atoms in total. The number of nitrogens with one attached hydrogen (secondary N) is 2. The number of H-pyrrole nitrogens is 2. The van der Waals surface area contributed by atoms with E-state index in [0.29, 0.717) is 29.0 Å². The summed E-state index contributed by atoms with van der Waals surface area (Å²) in [5, 5.41) is 4.11. The molecule has 7 rings (SSSR count). The summed E-state index contributed by atoms with van der Waals surface area (Å²) in [6.07, 6.45) is 1.26. The van der Waals surface area contributed by atoms with Gasteiger partial charge in [-0.3, -0.25) is 28.7 Å². The van der Waals surface area contributed by atoms with Crippen LogP contribution in [0.2, 0.25) is 18.1 Å². The lowest BCUT2D eigenvalue weighted by Crippen LogP contribution is -2.46. The van der Waals surface area contributed by atoms with E-state index in [1.165, 1.54) is 27.7 Å². The topological polar surface area (TPSA) is 196 Å². The van der Waals surface area contributed by atoms with Crippen molar-refractivity contribution in [2.24, 2.45) is 5.16 Å². The Bertz CT molecular complexity index is 2680. The van der Waals surface area contributed by atoms with Crippen molar-refractivity contribution in [1.29, 1.82) is 0 Å². The summed E-state index contributed by atoms with van der Waals surface area (Å²) in [5.41, 5.74) is -0.0496. The Labute approximate surface area is 389 Å². The molecular formula is C49H61N5O12Si. The lowest BCUT2D eigenvalue weighted by molar-refractivity contribution is -0.101. The lowest BCUT2D eigenvalue weighted by Gasteiger charge is -2.39. The van der Waals surface area contributed by atoms with Crippen molar-refractivity contribution in [3.05, 3.63) is 161 Å². The summed E-state index contributed by atoms with van der Waals surface area (Å²) in [6, 6.07) is 25.2. The highest BCUT2D eigenvalue weighted by Gasteiger charge is 2.46. The second-order valence-electron chi connectivity index (χ2n) is 18.4. The van der Waals surface area contributed by atoms with E-state index in [4.69, 9.17) is 37.7 Å². The molecule has 0 unspecified atom stereocenters. The number of ether oxygens (including phenoxy) is 6. The van der Waals surface area contributed by atoms with Crippen LogP contribution in [0.5, 0.6) is 11.5 Å². The third-order valence-electron chi connectivity index (χ3n) is 12.9. The van der Waals surface area contributed by atoms with Crippen LogP contribution in [-0.2, 0) is 33.8 Å². The maximum Gasteiger partial charge on any atom is 0.330 e. The summed E-state index contributed by atoms with van der Waals surface area (Å²) >= 11 is 0. The van der Waals surface area contributed by atoms with Gasteiger partial charge in [-0.25, -0.2) is 9.59 Å². The van der Waals surface area contributed by atoms with Crippen molar-refractivity contribution in [3.63, 3.8) is 0 Å². The van der Waals surface area contributed by atoms with Gasteiger partial charge in [-0.1, -0.05) is 80.5 Å². The molecule has 0 aliphatic carbocycles. The molecule has 358 valence electrons. The van der Waals surface area contributed by atoms with Gasteiger partial charge in [0.15, 0.2) is 8.32 Å². The highest BCUT2D eigenvalue weighted by molar-refractivity contribution is 6.74. The Kier molecular flexibility index (Phi) is 15.0. The number of hydrogen-bond acceptors (Lipinski definition) is 13. The van der Waals surface area contributed by atoms with Gasteiger partial charge in [0.25, 0.3) is 11.1 Å². The minimum atomic E-state index is -2.29. The summed E-state index contributed by atoms with van der Waals surface area (Å²) in [5.74, 6) is 1.36. The van der Waals surface area contributed by atoms with Gasteiger partial charge >= 0.3 is 11.4 Å². The Morgan fingerprint density at radius 1 is 0.701 bits per heavy atom. The Balaban J connectivity index is 1.12. The molecule has 2 aliphatic heterocycles. The van der Waals surface area contributed by atoms with E-state index >= 15 is 0 Å². The second kappa shape index (κ2) is 20.5. The van der Waals surface area contributed by atoms with Crippen LogP contribution in [0.15, 0.2) is 116 Å². The van der Waals surface area contributed by atoms with Crippen LogP contribution >= 0.6 is 0 Å². The second-order valence-corrected chi connectivity index (χ2v) is 23.1. The molecule has 2 saturated heterocycles. The number of oxime groups is 1. The lowest BCUT2D eigenvalue weighted by atomic mass is 9.80. The average Bonchev–Trinajstić information content (AvgIpc) is 3.90. The van der Waals surface area contributed by atoms with Crippen molar-refractivity contribution in [2.45, 2.75) is 108 Å². The van der Waals surface area contributed by atoms with Gasteiger partial charge in [0.2, 0.25) is 0 Å².